The molecule has 22 heavy (non-hydrogen) atoms. The highest BCUT2D eigenvalue weighted by Gasteiger charge is 2.03. The largest absolute Gasteiger partial charge is 0.376 e. The summed E-state index contributed by atoms with van der Waals surface area (Å²) in [4.78, 5) is 15.0. The first-order valence-corrected chi connectivity index (χ1v) is 7.25. The lowest BCUT2D eigenvalue weighted by Gasteiger charge is -2.09. The van der Waals surface area contributed by atoms with Crippen molar-refractivity contribution in [2.75, 3.05) is 11.9 Å². The molecule has 0 saturated heterocycles. The second-order valence-electron chi connectivity index (χ2n) is 5.50. The maximum atomic E-state index is 11.8. The number of carbonyl (C=O) groups is 1. The number of hydrogen-bond donors (Lipinski definition) is 3. The molecule has 1 aromatic heterocycles. The van der Waals surface area contributed by atoms with Crippen molar-refractivity contribution in [2.24, 2.45) is 5.10 Å². The van der Waals surface area contributed by atoms with Crippen molar-refractivity contribution in [3.8, 4) is 0 Å². The van der Waals surface area contributed by atoms with Crippen molar-refractivity contribution >= 4 is 17.8 Å². The number of carbonyl (C=O) groups excluding carboxylic acids is 1. The van der Waals surface area contributed by atoms with Crippen LogP contribution in [-0.4, -0.2) is 23.7 Å². The number of nitrogens with one attached hydrogen (secondary N) is 3. The van der Waals surface area contributed by atoms with Crippen molar-refractivity contribution in [1.29, 1.82) is 0 Å². The number of aromatic nitrogens is 1. The molecule has 1 aromatic carbocycles. The number of anilines is 1. The fourth-order valence-corrected chi connectivity index (χ4v) is 2.28. The van der Waals surface area contributed by atoms with Gasteiger partial charge in [0.15, 0.2) is 0 Å². The lowest BCUT2D eigenvalue weighted by atomic mass is 10.1. The lowest BCUT2D eigenvalue weighted by molar-refractivity contribution is -0.119. The molecule has 116 valence electrons. The highest BCUT2D eigenvalue weighted by Crippen LogP contribution is 2.15. The van der Waals surface area contributed by atoms with Gasteiger partial charge in [0, 0.05) is 22.6 Å². The van der Waals surface area contributed by atoms with Crippen molar-refractivity contribution in [2.45, 2.75) is 27.7 Å². The minimum atomic E-state index is -0.180. The molecule has 0 spiro atoms. The molecule has 1 heterocycles. The molecule has 0 aliphatic rings. The van der Waals surface area contributed by atoms with Crippen LogP contribution in [0.25, 0.3) is 0 Å². The van der Waals surface area contributed by atoms with Crippen LogP contribution in [0.3, 0.4) is 0 Å². The number of benzene rings is 1. The van der Waals surface area contributed by atoms with Crippen LogP contribution in [-0.2, 0) is 4.79 Å². The maximum Gasteiger partial charge on any atom is 0.259 e. The summed E-state index contributed by atoms with van der Waals surface area (Å²) in [5.41, 5.74) is 8.88. The molecular formula is C17H22N4O. The third kappa shape index (κ3) is 4.22. The van der Waals surface area contributed by atoms with Crippen LogP contribution in [0.5, 0.6) is 0 Å². The molecule has 5 heteroatoms. The Kier molecular flexibility index (Phi) is 4.99. The van der Waals surface area contributed by atoms with Crippen molar-refractivity contribution < 1.29 is 4.79 Å². The van der Waals surface area contributed by atoms with E-state index in [2.05, 4.69) is 26.9 Å². The SMILES string of the molecule is Cc1ccc(NCC(=O)N/N=C/c2cc(C)[nH]c2C)c(C)c1. The quantitative estimate of drug-likeness (QED) is 0.587. The molecule has 0 unspecified atom stereocenters. The van der Waals surface area contributed by atoms with E-state index in [1.54, 1.807) is 6.21 Å². The number of rotatable bonds is 5. The van der Waals surface area contributed by atoms with Gasteiger partial charge in [0.1, 0.15) is 0 Å². The topological polar surface area (TPSA) is 69.3 Å². The summed E-state index contributed by atoms with van der Waals surface area (Å²) in [5.74, 6) is -0.180. The normalized spacial score (nSPS) is 10.9. The standard InChI is InChI=1S/C17H22N4O/c1-11-5-6-16(12(2)7-11)18-10-17(22)21-19-9-15-8-13(3)20-14(15)4/h5-9,18,20H,10H2,1-4H3,(H,21,22)/b19-9+. The van der Waals surface area contributed by atoms with E-state index in [0.717, 1.165) is 28.2 Å². The molecule has 0 saturated carbocycles. The third-order valence-electron chi connectivity index (χ3n) is 3.40. The van der Waals surface area contributed by atoms with Crippen molar-refractivity contribution in [3.63, 3.8) is 0 Å². The van der Waals surface area contributed by atoms with Crippen LogP contribution in [0.1, 0.15) is 28.1 Å². The Morgan fingerprint density at radius 1 is 1.23 bits per heavy atom. The first-order chi connectivity index (χ1) is 10.5. The van der Waals surface area contributed by atoms with E-state index >= 15 is 0 Å². The van der Waals surface area contributed by atoms with Gasteiger partial charge in [-0.25, -0.2) is 5.43 Å². The number of amides is 1. The van der Waals surface area contributed by atoms with Crippen LogP contribution in [0.2, 0.25) is 0 Å². The van der Waals surface area contributed by atoms with E-state index in [1.165, 1.54) is 5.56 Å². The monoisotopic (exact) mass is 298 g/mol. The fourth-order valence-electron chi connectivity index (χ4n) is 2.28. The first kappa shape index (κ1) is 15.8. The molecule has 5 nitrogen and oxygen atoms in total. The van der Waals surface area contributed by atoms with Gasteiger partial charge in [-0.2, -0.15) is 5.10 Å². The van der Waals surface area contributed by atoms with E-state index in [9.17, 15) is 4.79 Å². The Hall–Kier alpha value is -2.56. The third-order valence-corrected chi connectivity index (χ3v) is 3.40. The number of nitrogens with zero attached hydrogens (tertiary/aromatic N) is 1. The van der Waals surface area contributed by atoms with Crippen LogP contribution in [0.15, 0.2) is 29.4 Å². The fraction of sp³-hybridized carbons (Fsp3) is 0.294. The molecule has 2 aromatic rings. The summed E-state index contributed by atoms with van der Waals surface area (Å²) in [7, 11) is 0. The van der Waals surface area contributed by atoms with Crippen LogP contribution < -0.4 is 10.7 Å². The molecule has 0 atom stereocenters. The zero-order valence-corrected chi connectivity index (χ0v) is 13.4. The Morgan fingerprint density at radius 3 is 2.64 bits per heavy atom. The average molecular weight is 298 g/mol. The average Bonchev–Trinajstić information content (AvgIpc) is 2.76. The molecule has 0 radical (unpaired) electrons. The molecule has 3 N–H and O–H groups in total. The summed E-state index contributed by atoms with van der Waals surface area (Å²) in [6.45, 7) is 8.20. The summed E-state index contributed by atoms with van der Waals surface area (Å²) in [6.07, 6.45) is 1.65. The van der Waals surface area contributed by atoms with Gasteiger partial charge in [-0.1, -0.05) is 17.7 Å². The minimum absolute atomic E-state index is 0.180. The summed E-state index contributed by atoms with van der Waals surface area (Å²) in [5, 5.41) is 7.09. The molecular weight excluding hydrogens is 276 g/mol. The van der Waals surface area contributed by atoms with Gasteiger partial charge in [0.25, 0.3) is 5.91 Å². The van der Waals surface area contributed by atoms with Gasteiger partial charge in [-0.15, -0.1) is 0 Å². The first-order valence-electron chi connectivity index (χ1n) is 7.25. The minimum Gasteiger partial charge on any atom is -0.376 e. The zero-order valence-electron chi connectivity index (χ0n) is 13.4. The second-order valence-corrected chi connectivity index (χ2v) is 5.50. The maximum absolute atomic E-state index is 11.8. The number of hydrazone groups is 1. The van der Waals surface area contributed by atoms with Gasteiger partial charge in [-0.05, 0) is 45.4 Å². The zero-order chi connectivity index (χ0) is 16.1. The van der Waals surface area contributed by atoms with Crippen LogP contribution in [0.4, 0.5) is 5.69 Å². The Bertz CT molecular complexity index is 701. The lowest BCUT2D eigenvalue weighted by Crippen LogP contribution is -2.26. The van der Waals surface area contributed by atoms with Gasteiger partial charge < -0.3 is 10.3 Å². The smallest absolute Gasteiger partial charge is 0.259 e. The van der Waals surface area contributed by atoms with Crippen LogP contribution in [0, 0.1) is 27.7 Å². The number of hydrogen-bond acceptors (Lipinski definition) is 3. The van der Waals surface area contributed by atoms with Gasteiger partial charge >= 0.3 is 0 Å². The van der Waals surface area contributed by atoms with Crippen molar-refractivity contribution in [1.82, 2.24) is 10.4 Å². The molecule has 0 fully saturated rings. The number of H-pyrrole nitrogens is 1. The van der Waals surface area contributed by atoms with E-state index in [1.807, 2.05) is 45.9 Å². The highest BCUT2D eigenvalue weighted by molar-refractivity contribution is 5.85. The van der Waals surface area contributed by atoms with E-state index in [0.29, 0.717) is 0 Å². The predicted octanol–water partition coefficient (Wildman–Crippen LogP) is 2.81. The van der Waals surface area contributed by atoms with E-state index in [-0.39, 0.29) is 12.5 Å². The van der Waals surface area contributed by atoms with E-state index in [4.69, 9.17) is 0 Å². The van der Waals surface area contributed by atoms with Crippen molar-refractivity contribution in [3.05, 3.63) is 52.3 Å². The Balaban J connectivity index is 1.84. The predicted molar refractivity (Wildman–Crippen MR) is 90.4 cm³/mol. The highest BCUT2D eigenvalue weighted by atomic mass is 16.2. The second kappa shape index (κ2) is 6.93. The van der Waals surface area contributed by atoms with Gasteiger partial charge in [-0.3, -0.25) is 4.79 Å². The van der Waals surface area contributed by atoms with E-state index < -0.39 is 0 Å². The molecule has 2 rings (SSSR count). The van der Waals surface area contributed by atoms with Gasteiger partial charge in [0.05, 0.1) is 12.8 Å². The Morgan fingerprint density at radius 2 is 2.00 bits per heavy atom. The Labute approximate surface area is 130 Å². The summed E-state index contributed by atoms with van der Waals surface area (Å²) in [6, 6.07) is 8.06. The molecule has 0 aliphatic heterocycles. The summed E-state index contributed by atoms with van der Waals surface area (Å²) >= 11 is 0. The molecule has 0 bridgehead atoms. The number of aromatic amines is 1. The molecule has 1 amide bonds. The van der Waals surface area contributed by atoms with Crippen LogP contribution >= 0.6 is 0 Å². The summed E-state index contributed by atoms with van der Waals surface area (Å²) < 4.78 is 0. The van der Waals surface area contributed by atoms with Gasteiger partial charge in [0.2, 0.25) is 0 Å². The molecule has 0 aliphatic carbocycles. The number of aryl methyl sites for hydroxylation is 4.